The summed E-state index contributed by atoms with van der Waals surface area (Å²) in [6.45, 7) is 5.02. The number of aliphatic hydroxyl groups is 1. The Labute approximate surface area is 206 Å². The molecule has 0 radical (unpaired) electrons. The fourth-order valence-electron chi connectivity index (χ4n) is 4.83. The van der Waals surface area contributed by atoms with Gasteiger partial charge < -0.3 is 25.1 Å². The van der Waals surface area contributed by atoms with E-state index in [1.807, 2.05) is 41.3 Å². The summed E-state index contributed by atoms with van der Waals surface area (Å²) in [7, 11) is 0. The van der Waals surface area contributed by atoms with E-state index in [-0.39, 0.29) is 18.4 Å². The van der Waals surface area contributed by atoms with Crippen molar-refractivity contribution in [1.29, 1.82) is 0 Å². The summed E-state index contributed by atoms with van der Waals surface area (Å²) in [5, 5.41) is 12.8. The third-order valence-corrected chi connectivity index (χ3v) is 6.77. The normalized spacial score (nSPS) is 18.4. The van der Waals surface area contributed by atoms with Crippen LogP contribution in [0.3, 0.4) is 0 Å². The smallest absolute Gasteiger partial charge is 0.253 e. The summed E-state index contributed by atoms with van der Waals surface area (Å²) in [5.74, 6) is 1.58. The fraction of sp³-hybridized carbons (Fsp3) is 0.370. The highest BCUT2D eigenvalue weighted by Gasteiger charge is 2.24. The second-order valence-corrected chi connectivity index (χ2v) is 9.20. The molecule has 8 heteroatoms. The first-order valence-electron chi connectivity index (χ1n) is 12.3. The van der Waals surface area contributed by atoms with E-state index in [2.05, 4.69) is 44.4 Å². The Bertz CT molecular complexity index is 1130. The van der Waals surface area contributed by atoms with Gasteiger partial charge in [-0.3, -0.25) is 4.79 Å². The Morgan fingerprint density at radius 3 is 2.57 bits per heavy atom. The van der Waals surface area contributed by atoms with E-state index >= 15 is 0 Å². The average Bonchev–Trinajstić information content (AvgIpc) is 2.93. The molecule has 0 spiro atoms. The zero-order valence-corrected chi connectivity index (χ0v) is 19.9. The fourth-order valence-corrected chi connectivity index (χ4v) is 4.83. The largest absolute Gasteiger partial charge is 0.396 e. The van der Waals surface area contributed by atoms with E-state index in [1.54, 1.807) is 6.20 Å². The summed E-state index contributed by atoms with van der Waals surface area (Å²) < 4.78 is 0. The molecule has 0 saturated carbocycles. The number of hydrogen-bond acceptors (Lipinski definition) is 7. The average molecular weight is 473 g/mol. The summed E-state index contributed by atoms with van der Waals surface area (Å²) in [6, 6.07) is 19.8. The van der Waals surface area contributed by atoms with E-state index in [4.69, 9.17) is 4.98 Å². The number of rotatable bonds is 6. The number of hydrogen-bond donors (Lipinski definition) is 2. The summed E-state index contributed by atoms with van der Waals surface area (Å²) in [4.78, 5) is 28.7. The molecule has 3 heterocycles. The molecule has 3 aromatic rings. The molecule has 5 rings (SSSR count). The Hall–Kier alpha value is -3.65. The van der Waals surface area contributed by atoms with Gasteiger partial charge in [0.25, 0.3) is 5.91 Å². The van der Waals surface area contributed by atoms with Crippen molar-refractivity contribution in [3.8, 4) is 0 Å². The lowest BCUT2D eigenvalue weighted by Gasteiger charge is -2.36. The molecule has 0 bridgehead atoms. The Morgan fingerprint density at radius 1 is 0.971 bits per heavy atom. The van der Waals surface area contributed by atoms with Crippen LogP contribution in [0, 0.1) is 5.92 Å². The minimum Gasteiger partial charge on any atom is -0.396 e. The number of likely N-dealkylation sites (tertiary alicyclic amines) is 1. The summed E-state index contributed by atoms with van der Waals surface area (Å²) in [6.07, 6.45) is 3.67. The lowest BCUT2D eigenvalue weighted by atomic mass is 9.98. The lowest BCUT2D eigenvalue weighted by molar-refractivity contribution is 0.0621. The molecule has 0 aliphatic carbocycles. The molecule has 182 valence electrons. The Balaban J connectivity index is 1.23. The van der Waals surface area contributed by atoms with Crippen LogP contribution in [0.1, 0.15) is 23.2 Å². The molecule has 2 fully saturated rings. The first-order valence-corrected chi connectivity index (χ1v) is 12.3. The van der Waals surface area contributed by atoms with Crippen LogP contribution in [0.15, 0.2) is 66.9 Å². The maximum atomic E-state index is 13.0. The number of carbonyl (C=O) groups excluding carboxylic acids is 1. The molecule has 1 unspecified atom stereocenters. The van der Waals surface area contributed by atoms with Gasteiger partial charge in [-0.25, -0.2) is 4.98 Å². The molecular weight excluding hydrogens is 440 g/mol. The van der Waals surface area contributed by atoms with Crippen molar-refractivity contribution < 1.29 is 9.90 Å². The molecule has 2 aromatic carbocycles. The van der Waals surface area contributed by atoms with Crippen LogP contribution >= 0.6 is 0 Å². The van der Waals surface area contributed by atoms with Crippen LogP contribution < -0.4 is 15.1 Å². The monoisotopic (exact) mass is 472 g/mol. The zero-order chi connectivity index (χ0) is 24.0. The molecule has 2 aliphatic rings. The number of piperidine rings is 1. The van der Waals surface area contributed by atoms with E-state index < -0.39 is 0 Å². The van der Waals surface area contributed by atoms with Gasteiger partial charge in [-0.1, -0.05) is 24.3 Å². The molecule has 1 aromatic heterocycles. The minimum absolute atomic E-state index is 0.00598. The van der Waals surface area contributed by atoms with Gasteiger partial charge in [-0.2, -0.15) is 4.98 Å². The van der Waals surface area contributed by atoms with Gasteiger partial charge in [0.2, 0.25) is 5.95 Å². The quantitative estimate of drug-likeness (QED) is 0.569. The molecule has 2 saturated heterocycles. The van der Waals surface area contributed by atoms with E-state index in [0.29, 0.717) is 23.9 Å². The SMILES string of the molecule is O=C(c1cccc(Nc2ccnc(N3CCN(c4ccccc4)CC3)n2)c1)N1CCCC(CO)C1. The highest BCUT2D eigenvalue weighted by Crippen LogP contribution is 2.23. The maximum absolute atomic E-state index is 13.0. The summed E-state index contributed by atoms with van der Waals surface area (Å²) in [5.41, 5.74) is 2.69. The molecule has 35 heavy (non-hydrogen) atoms. The number of nitrogens with one attached hydrogen (secondary N) is 1. The first kappa shape index (κ1) is 23.1. The van der Waals surface area contributed by atoms with Crippen molar-refractivity contribution in [2.24, 2.45) is 5.92 Å². The zero-order valence-electron chi connectivity index (χ0n) is 19.9. The lowest BCUT2D eigenvalue weighted by Crippen LogP contribution is -2.47. The standard InChI is InChI=1S/C27H32N6O2/c34-20-21-6-5-13-33(19-21)26(35)22-7-4-8-23(18-22)29-25-11-12-28-27(30-25)32-16-14-31(15-17-32)24-9-2-1-3-10-24/h1-4,7-12,18,21,34H,5-6,13-17,19-20H2,(H,28,29,30). The van der Waals surface area contributed by atoms with Crippen LogP contribution in [0.25, 0.3) is 0 Å². The van der Waals surface area contributed by atoms with Crippen molar-refractivity contribution in [3.63, 3.8) is 0 Å². The number of amides is 1. The van der Waals surface area contributed by atoms with Crippen LogP contribution in [0.5, 0.6) is 0 Å². The second kappa shape index (κ2) is 10.7. The van der Waals surface area contributed by atoms with Crippen molar-refractivity contribution >= 4 is 29.0 Å². The molecular formula is C27H32N6O2. The Kier molecular flexibility index (Phi) is 7.09. The van der Waals surface area contributed by atoms with Gasteiger partial charge >= 0.3 is 0 Å². The number of aromatic nitrogens is 2. The van der Waals surface area contributed by atoms with Crippen LogP contribution in [0.2, 0.25) is 0 Å². The predicted molar refractivity (Wildman–Crippen MR) is 138 cm³/mol. The van der Waals surface area contributed by atoms with Gasteiger partial charge in [0.15, 0.2) is 0 Å². The van der Waals surface area contributed by atoms with Crippen molar-refractivity contribution in [2.45, 2.75) is 12.8 Å². The molecule has 2 N–H and O–H groups in total. The minimum atomic E-state index is 0.00598. The highest BCUT2D eigenvalue weighted by molar-refractivity contribution is 5.95. The van der Waals surface area contributed by atoms with E-state index in [1.165, 1.54) is 5.69 Å². The molecule has 1 atom stereocenters. The Morgan fingerprint density at radius 2 is 1.77 bits per heavy atom. The van der Waals surface area contributed by atoms with Gasteiger partial charge in [0, 0.05) is 69.0 Å². The number of aliphatic hydroxyl groups excluding tert-OH is 1. The number of nitrogens with zero attached hydrogens (tertiary/aromatic N) is 5. The maximum Gasteiger partial charge on any atom is 0.253 e. The molecule has 8 nitrogen and oxygen atoms in total. The number of benzene rings is 2. The number of piperazine rings is 1. The van der Waals surface area contributed by atoms with Crippen LogP contribution in [-0.2, 0) is 0 Å². The van der Waals surface area contributed by atoms with Crippen LogP contribution in [-0.4, -0.2) is 71.8 Å². The van der Waals surface area contributed by atoms with Gasteiger partial charge in [-0.05, 0) is 55.2 Å². The number of anilines is 4. The van der Waals surface area contributed by atoms with Crippen molar-refractivity contribution in [3.05, 3.63) is 72.4 Å². The van der Waals surface area contributed by atoms with E-state index in [0.717, 1.165) is 51.3 Å². The topological polar surface area (TPSA) is 84.8 Å². The third kappa shape index (κ3) is 5.54. The van der Waals surface area contributed by atoms with Gasteiger partial charge in [0.05, 0.1) is 0 Å². The molecule has 1 amide bonds. The third-order valence-electron chi connectivity index (χ3n) is 6.77. The predicted octanol–water partition coefficient (Wildman–Crippen LogP) is 3.39. The second-order valence-electron chi connectivity index (χ2n) is 9.20. The van der Waals surface area contributed by atoms with Gasteiger partial charge in [0.1, 0.15) is 5.82 Å². The molecule has 2 aliphatic heterocycles. The van der Waals surface area contributed by atoms with Crippen molar-refractivity contribution in [1.82, 2.24) is 14.9 Å². The van der Waals surface area contributed by atoms with Gasteiger partial charge in [-0.15, -0.1) is 0 Å². The number of carbonyl (C=O) groups is 1. The first-order chi connectivity index (χ1) is 17.2. The number of para-hydroxylation sites is 1. The van der Waals surface area contributed by atoms with Crippen molar-refractivity contribution in [2.75, 3.05) is 61.0 Å². The van der Waals surface area contributed by atoms with E-state index in [9.17, 15) is 9.90 Å². The summed E-state index contributed by atoms with van der Waals surface area (Å²) >= 11 is 0. The highest BCUT2D eigenvalue weighted by atomic mass is 16.3. The van der Waals surface area contributed by atoms with Crippen LogP contribution in [0.4, 0.5) is 23.1 Å².